The van der Waals surface area contributed by atoms with Crippen LogP contribution in [0.5, 0.6) is 0 Å². The summed E-state index contributed by atoms with van der Waals surface area (Å²) in [5.41, 5.74) is 1.78. The zero-order chi connectivity index (χ0) is 18.6. The summed E-state index contributed by atoms with van der Waals surface area (Å²) in [5, 5.41) is 0.768. The molecule has 25 heavy (non-hydrogen) atoms. The van der Waals surface area contributed by atoms with Gasteiger partial charge in [0.2, 0.25) is 0 Å². The highest BCUT2D eigenvalue weighted by atomic mass is 35.5. The third-order valence-electron chi connectivity index (χ3n) is 2.85. The topological polar surface area (TPSA) is 89.5 Å². The van der Waals surface area contributed by atoms with Crippen molar-refractivity contribution in [1.29, 1.82) is 0 Å². The van der Waals surface area contributed by atoms with Gasteiger partial charge in [-0.3, -0.25) is 4.79 Å². The minimum atomic E-state index is -3.91. The second-order valence-corrected chi connectivity index (χ2v) is 8.08. The summed E-state index contributed by atoms with van der Waals surface area (Å²) < 4.78 is 24.2. The van der Waals surface area contributed by atoms with Gasteiger partial charge in [0.1, 0.15) is 5.75 Å². The highest BCUT2D eigenvalue weighted by molar-refractivity contribution is 7.92. The molecule has 0 spiro atoms. The summed E-state index contributed by atoms with van der Waals surface area (Å²) in [5.74, 6) is -2.86. The Bertz CT molecular complexity index is 893. The maximum Gasteiger partial charge on any atom is 0.363 e. The Hall–Kier alpha value is -1.80. The van der Waals surface area contributed by atoms with E-state index in [0.29, 0.717) is 5.02 Å². The van der Waals surface area contributed by atoms with Crippen LogP contribution in [-0.4, -0.2) is 26.0 Å². The molecule has 0 atom stereocenters. The van der Waals surface area contributed by atoms with E-state index in [2.05, 4.69) is 4.84 Å². The summed E-state index contributed by atoms with van der Waals surface area (Å²) in [7, 11) is -3.91. The largest absolute Gasteiger partial charge is 0.363 e. The third kappa shape index (κ3) is 5.61. The van der Waals surface area contributed by atoms with Crippen LogP contribution in [0.25, 0.3) is 0 Å². The van der Waals surface area contributed by atoms with E-state index in [1.165, 1.54) is 42.5 Å². The normalized spacial score (nSPS) is 11.0. The van der Waals surface area contributed by atoms with Crippen LogP contribution < -0.4 is 5.48 Å². The highest BCUT2D eigenvalue weighted by Crippen LogP contribution is 2.19. The molecule has 10 heteroatoms. The van der Waals surface area contributed by atoms with Crippen LogP contribution in [-0.2, 0) is 19.5 Å². The van der Waals surface area contributed by atoms with Crippen molar-refractivity contribution >= 4 is 56.5 Å². The van der Waals surface area contributed by atoms with Crippen LogP contribution in [0.2, 0.25) is 15.1 Å². The van der Waals surface area contributed by atoms with Crippen molar-refractivity contribution in [2.75, 3.05) is 5.75 Å². The Morgan fingerprint density at radius 1 is 0.920 bits per heavy atom. The molecule has 0 aliphatic carbocycles. The van der Waals surface area contributed by atoms with Crippen LogP contribution in [0, 0.1) is 0 Å². The number of rotatable bonds is 4. The first kappa shape index (κ1) is 19.5. The maximum atomic E-state index is 12.1. The highest BCUT2D eigenvalue weighted by Gasteiger charge is 2.20. The number of hydrogen-bond donors (Lipinski definition) is 1. The lowest BCUT2D eigenvalue weighted by atomic mass is 10.2. The van der Waals surface area contributed by atoms with Crippen molar-refractivity contribution in [3.8, 4) is 0 Å². The standard InChI is InChI=1S/C15H10Cl3NO5S/c16-10-1-3-13(4-2-10)25(22,23)8-14(20)19-24-15(21)9-5-11(17)7-12(18)6-9/h1-7H,8H2,(H,19,20). The smallest absolute Gasteiger partial charge is 0.335 e. The van der Waals surface area contributed by atoms with E-state index >= 15 is 0 Å². The number of benzene rings is 2. The molecule has 132 valence electrons. The van der Waals surface area contributed by atoms with Crippen LogP contribution in [0.1, 0.15) is 10.4 Å². The van der Waals surface area contributed by atoms with E-state index in [9.17, 15) is 18.0 Å². The average molecular weight is 423 g/mol. The molecule has 0 aliphatic rings. The molecule has 6 nitrogen and oxygen atoms in total. The van der Waals surface area contributed by atoms with Crippen LogP contribution in [0.4, 0.5) is 0 Å². The molecular formula is C15H10Cl3NO5S. The van der Waals surface area contributed by atoms with Gasteiger partial charge in [-0.25, -0.2) is 13.2 Å². The molecule has 0 saturated carbocycles. The van der Waals surface area contributed by atoms with Crippen LogP contribution in [0.15, 0.2) is 47.4 Å². The molecule has 0 saturated heterocycles. The van der Waals surface area contributed by atoms with Crippen molar-refractivity contribution in [3.63, 3.8) is 0 Å². The van der Waals surface area contributed by atoms with E-state index in [1.807, 2.05) is 0 Å². The second-order valence-electron chi connectivity index (χ2n) is 4.79. The molecule has 0 fully saturated rings. The Balaban J connectivity index is 1.98. The van der Waals surface area contributed by atoms with Crippen molar-refractivity contribution in [1.82, 2.24) is 5.48 Å². The second kappa shape index (κ2) is 8.05. The number of hydrogen-bond acceptors (Lipinski definition) is 5. The Kier molecular flexibility index (Phi) is 6.29. The number of carbonyl (C=O) groups excluding carboxylic acids is 2. The number of amides is 1. The van der Waals surface area contributed by atoms with Gasteiger partial charge in [-0.2, -0.15) is 5.48 Å². The van der Waals surface area contributed by atoms with Gasteiger partial charge in [-0.1, -0.05) is 34.8 Å². The summed E-state index contributed by atoms with van der Waals surface area (Å²) in [6, 6.07) is 9.29. The molecule has 0 bridgehead atoms. The van der Waals surface area contributed by atoms with Gasteiger partial charge >= 0.3 is 5.97 Å². The quantitative estimate of drug-likeness (QED) is 0.764. The molecule has 0 aromatic heterocycles. The number of nitrogens with one attached hydrogen (secondary N) is 1. The Labute approximate surface area is 158 Å². The Morgan fingerprint density at radius 3 is 2.04 bits per heavy atom. The van der Waals surface area contributed by atoms with Crippen molar-refractivity contribution in [3.05, 3.63) is 63.1 Å². The molecule has 0 heterocycles. The van der Waals surface area contributed by atoms with Gasteiger partial charge in [0.25, 0.3) is 5.91 Å². The van der Waals surface area contributed by atoms with E-state index < -0.39 is 27.5 Å². The fourth-order valence-corrected chi connectivity index (χ4v) is 3.53. The predicted octanol–water partition coefficient (Wildman–Crippen LogP) is 3.31. The van der Waals surface area contributed by atoms with Gasteiger partial charge in [0.05, 0.1) is 10.5 Å². The SMILES string of the molecule is O=C(CS(=O)(=O)c1ccc(Cl)cc1)NOC(=O)c1cc(Cl)cc(Cl)c1. The zero-order valence-corrected chi connectivity index (χ0v) is 15.4. The first-order valence-electron chi connectivity index (χ1n) is 6.62. The number of sulfone groups is 1. The lowest BCUT2D eigenvalue weighted by Gasteiger charge is -2.07. The summed E-state index contributed by atoms with van der Waals surface area (Å²) in [6.45, 7) is 0. The van der Waals surface area contributed by atoms with Crippen LogP contribution in [0.3, 0.4) is 0 Å². The number of carbonyl (C=O) groups is 2. The number of hydroxylamine groups is 1. The lowest BCUT2D eigenvalue weighted by Crippen LogP contribution is -2.32. The third-order valence-corrected chi connectivity index (χ3v) is 5.17. The fourth-order valence-electron chi connectivity index (χ4n) is 1.76. The predicted molar refractivity (Wildman–Crippen MR) is 93.5 cm³/mol. The molecule has 1 amide bonds. The fraction of sp³-hybridized carbons (Fsp3) is 0.0667. The lowest BCUT2D eigenvalue weighted by molar-refractivity contribution is -0.127. The van der Waals surface area contributed by atoms with E-state index in [-0.39, 0.29) is 20.5 Å². The summed E-state index contributed by atoms with van der Waals surface area (Å²) in [6.07, 6.45) is 0. The average Bonchev–Trinajstić information content (AvgIpc) is 2.51. The molecule has 0 unspecified atom stereocenters. The first-order chi connectivity index (χ1) is 11.7. The van der Waals surface area contributed by atoms with Crippen molar-refractivity contribution < 1.29 is 22.8 Å². The van der Waals surface area contributed by atoms with Gasteiger partial charge in [-0.15, -0.1) is 0 Å². The summed E-state index contributed by atoms with van der Waals surface area (Å²) in [4.78, 5) is 28.0. The van der Waals surface area contributed by atoms with Gasteiger partial charge in [-0.05, 0) is 42.5 Å². The Morgan fingerprint density at radius 2 is 1.48 bits per heavy atom. The molecule has 0 radical (unpaired) electrons. The zero-order valence-electron chi connectivity index (χ0n) is 12.3. The van der Waals surface area contributed by atoms with E-state index in [0.717, 1.165) is 0 Å². The molecule has 0 aliphatic heterocycles. The van der Waals surface area contributed by atoms with Crippen molar-refractivity contribution in [2.24, 2.45) is 0 Å². The van der Waals surface area contributed by atoms with E-state index in [1.54, 1.807) is 5.48 Å². The molecule has 2 aromatic carbocycles. The molecule has 1 N–H and O–H groups in total. The van der Waals surface area contributed by atoms with Crippen molar-refractivity contribution in [2.45, 2.75) is 4.90 Å². The monoisotopic (exact) mass is 421 g/mol. The molecule has 2 aromatic rings. The minimum Gasteiger partial charge on any atom is -0.335 e. The number of halogens is 3. The summed E-state index contributed by atoms with van der Waals surface area (Å²) >= 11 is 17.2. The van der Waals surface area contributed by atoms with Crippen LogP contribution >= 0.6 is 34.8 Å². The van der Waals surface area contributed by atoms with E-state index in [4.69, 9.17) is 34.8 Å². The van der Waals surface area contributed by atoms with Gasteiger partial charge in [0.15, 0.2) is 9.84 Å². The minimum absolute atomic E-state index is 0.00152. The van der Waals surface area contributed by atoms with Gasteiger partial charge < -0.3 is 4.84 Å². The maximum absolute atomic E-state index is 12.1. The molecule has 2 rings (SSSR count). The molecular weight excluding hydrogens is 413 g/mol. The first-order valence-corrected chi connectivity index (χ1v) is 9.40. The van der Waals surface area contributed by atoms with Gasteiger partial charge in [0, 0.05) is 15.1 Å².